The number of nitrogens with zero attached hydrogens (tertiary/aromatic N) is 3. The van der Waals surface area contributed by atoms with E-state index >= 15 is 0 Å². The highest BCUT2D eigenvalue weighted by Gasteiger charge is 2.17. The van der Waals surface area contributed by atoms with Crippen molar-refractivity contribution in [3.63, 3.8) is 0 Å². The molecule has 36 heavy (non-hydrogen) atoms. The smallest absolute Gasteiger partial charge is 0.224 e. The van der Waals surface area contributed by atoms with Gasteiger partial charge in [0.1, 0.15) is 17.6 Å². The van der Waals surface area contributed by atoms with Gasteiger partial charge in [-0.1, -0.05) is 18.2 Å². The van der Waals surface area contributed by atoms with Gasteiger partial charge in [-0.3, -0.25) is 9.59 Å². The van der Waals surface area contributed by atoms with E-state index in [9.17, 15) is 14.9 Å². The molecule has 4 rings (SSSR count). The summed E-state index contributed by atoms with van der Waals surface area (Å²) < 4.78 is 7.49. The number of amides is 2. The van der Waals surface area contributed by atoms with Gasteiger partial charge in [-0.2, -0.15) is 10.4 Å². The van der Waals surface area contributed by atoms with Crippen LogP contribution < -0.4 is 20.7 Å². The lowest BCUT2D eigenvalue weighted by molar-refractivity contribution is -0.119. The lowest BCUT2D eigenvalue weighted by Gasteiger charge is -2.12. The molecule has 2 amide bonds. The molecule has 9 nitrogen and oxygen atoms in total. The average molecular weight is 483 g/mol. The molecule has 2 aromatic heterocycles. The van der Waals surface area contributed by atoms with Crippen molar-refractivity contribution in [2.45, 2.75) is 26.7 Å². The molecule has 0 unspecified atom stereocenters. The number of anilines is 3. The zero-order valence-corrected chi connectivity index (χ0v) is 20.0. The summed E-state index contributed by atoms with van der Waals surface area (Å²) in [5.74, 6) is 1.15. The number of fused-ring (bicyclic) bond motifs is 1. The van der Waals surface area contributed by atoms with Crippen LogP contribution in [-0.2, 0) is 9.59 Å². The largest absolute Gasteiger partial charge is 0.457 e. The summed E-state index contributed by atoms with van der Waals surface area (Å²) in [5.41, 5.74) is 3.81. The summed E-state index contributed by atoms with van der Waals surface area (Å²) >= 11 is 0. The molecule has 0 radical (unpaired) electrons. The number of nitriles is 1. The van der Waals surface area contributed by atoms with Gasteiger partial charge < -0.3 is 20.7 Å². The first-order valence-corrected chi connectivity index (χ1v) is 11.5. The lowest BCUT2D eigenvalue weighted by atomic mass is 10.1. The third-order valence-corrected chi connectivity index (χ3v) is 5.51. The third kappa shape index (κ3) is 5.80. The molecule has 2 aromatic carbocycles. The molecule has 9 heteroatoms. The number of rotatable bonds is 9. The summed E-state index contributed by atoms with van der Waals surface area (Å²) in [6.45, 7) is 3.75. The zero-order valence-electron chi connectivity index (χ0n) is 20.0. The maximum absolute atomic E-state index is 12.4. The first-order chi connectivity index (χ1) is 17.4. The minimum absolute atomic E-state index is 0.123. The predicted octanol–water partition coefficient (Wildman–Crippen LogP) is 4.91. The fourth-order valence-corrected chi connectivity index (χ4v) is 3.73. The van der Waals surface area contributed by atoms with Crippen molar-refractivity contribution in [1.82, 2.24) is 14.9 Å². The summed E-state index contributed by atoms with van der Waals surface area (Å²) in [4.78, 5) is 23.4. The highest BCUT2D eigenvalue weighted by Crippen LogP contribution is 2.33. The molecule has 0 atom stereocenters. The van der Waals surface area contributed by atoms with Gasteiger partial charge in [0.2, 0.25) is 11.8 Å². The van der Waals surface area contributed by atoms with E-state index in [0.717, 1.165) is 17.0 Å². The van der Waals surface area contributed by atoms with Crippen LogP contribution in [0.1, 0.15) is 30.9 Å². The molecule has 3 N–H and O–H groups in total. The highest BCUT2D eigenvalue weighted by atomic mass is 16.5. The summed E-state index contributed by atoms with van der Waals surface area (Å²) in [7, 11) is 0. The Hall–Kier alpha value is -4.84. The van der Waals surface area contributed by atoms with Crippen molar-refractivity contribution in [3.05, 3.63) is 78.1 Å². The normalized spacial score (nSPS) is 10.5. The van der Waals surface area contributed by atoms with Crippen molar-refractivity contribution in [1.29, 1.82) is 5.26 Å². The third-order valence-electron chi connectivity index (χ3n) is 5.51. The molecular weight excluding hydrogens is 456 g/mol. The summed E-state index contributed by atoms with van der Waals surface area (Å²) in [5, 5.41) is 23.0. The monoisotopic (exact) mass is 482 g/mol. The number of aromatic nitrogens is 2. The summed E-state index contributed by atoms with van der Waals surface area (Å²) in [6.07, 6.45) is 4.01. The van der Waals surface area contributed by atoms with E-state index in [-0.39, 0.29) is 18.2 Å². The zero-order chi connectivity index (χ0) is 25.5. The van der Waals surface area contributed by atoms with E-state index in [1.165, 1.54) is 13.1 Å². The fourth-order valence-electron chi connectivity index (χ4n) is 3.73. The molecule has 4 aromatic rings. The average Bonchev–Trinajstić information content (AvgIpc) is 3.19. The van der Waals surface area contributed by atoms with Gasteiger partial charge >= 0.3 is 0 Å². The van der Waals surface area contributed by atoms with Crippen LogP contribution >= 0.6 is 0 Å². The van der Waals surface area contributed by atoms with Crippen LogP contribution in [0.15, 0.2) is 67.0 Å². The number of ether oxygens (including phenoxy) is 1. The van der Waals surface area contributed by atoms with Crippen LogP contribution in [0.5, 0.6) is 11.5 Å². The molecule has 182 valence electrons. The Bertz CT molecular complexity index is 1420. The van der Waals surface area contributed by atoms with Gasteiger partial charge in [-0.15, -0.1) is 0 Å². The number of carbonyl (C=O) groups is 2. The van der Waals surface area contributed by atoms with Gasteiger partial charge in [-0.25, -0.2) is 4.52 Å². The van der Waals surface area contributed by atoms with Crippen molar-refractivity contribution >= 4 is 34.4 Å². The molecule has 0 aliphatic carbocycles. The van der Waals surface area contributed by atoms with E-state index in [4.69, 9.17) is 4.74 Å². The predicted molar refractivity (Wildman–Crippen MR) is 137 cm³/mol. The molecule has 0 spiro atoms. The van der Waals surface area contributed by atoms with Gasteiger partial charge in [0, 0.05) is 31.1 Å². The number of hydrogen-bond acceptors (Lipinski definition) is 6. The fraction of sp³-hybridized carbons (Fsp3) is 0.185. The van der Waals surface area contributed by atoms with Crippen LogP contribution in [0.2, 0.25) is 0 Å². The van der Waals surface area contributed by atoms with Crippen molar-refractivity contribution in [3.8, 4) is 17.6 Å². The molecule has 0 bridgehead atoms. The SMILES string of the molecule is CC(=O)NCCCC(=O)Nc1cn2ncc(C#N)c(Nc3ccc(Oc4ccccc4)cc3)c2c1C. The minimum atomic E-state index is -0.164. The highest BCUT2D eigenvalue weighted by molar-refractivity contribution is 5.95. The molecule has 0 saturated heterocycles. The molecule has 2 heterocycles. The van der Waals surface area contributed by atoms with E-state index in [1.54, 1.807) is 10.7 Å². The molecule has 0 fully saturated rings. The van der Waals surface area contributed by atoms with Crippen molar-refractivity contribution in [2.24, 2.45) is 0 Å². The topological polar surface area (TPSA) is 121 Å². The van der Waals surface area contributed by atoms with E-state index in [0.29, 0.717) is 41.2 Å². The second-order valence-corrected chi connectivity index (χ2v) is 8.21. The Labute approximate surface area is 208 Å². The number of benzene rings is 2. The number of hydrogen-bond donors (Lipinski definition) is 3. The molecule has 0 saturated carbocycles. The van der Waals surface area contributed by atoms with Gasteiger partial charge in [0.05, 0.1) is 34.8 Å². The first kappa shape index (κ1) is 24.3. The Morgan fingerprint density at radius 3 is 2.50 bits per heavy atom. The maximum atomic E-state index is 12.4. The van der Waals surface area contributed by atoms with E-state index < -0.39 is 0 Å². The Balaban J connectivity index is 1.53. The second kappa shape index (κ2) is 11.1. The number of nitrogens with one attached hydrogen (secondary N) is 3. The van der Waals surface area contributed by atoms with Crippen molar-refractivity contribution < 1.29 is 14.3 Å². The number of para-hydroxylation sites is 1. The van der Waals surface area contributed by atoms with Gasteiger partial charge in [-0.05, 0) is 49.7 Å². The van der Waals surface area contributed by atoms with E-state index in [2.05, 4.69) is 27.1 Å². The van der Waals surface area contributed by atoms with Crippen LogP contribution in [0.3, 0.4) is 0 Å². The molecule has 0 aliphatic heterocycles. The molecular formula is C27H26N6O3. The van der Waals surface area contributed by atoms with Crippen molar-refractivity contribution in [2.75, 3.05) is 17.2 Å². The van der Waals surface area contributed by atoms with Gasteiger partial charge in [0.15, 0.2) is 0 Å². The number of carbonyl (C=O) groups excluding carboxylic acids is 2. The first-order valence-electron chi connectivity index (χ1n) is 11.5. The standard InChI is InChI=1S/C27H26N6O3/c1-18-24(32-25(35)9-6-14-29-19(2)34)17-33-27(18)26(20(15-28)16-30-33)31-21-10-12-23(13-11-21)36-22-7-4-3-5-8-22/h3-5,7-8,10-13,16-17,31H,6,9,14H2,1-2H3,(H,29,34)(H,32,35). The van der Waals surface area contributed by atoms with Crippen LogP contribution in [-0.4, -0.2) is 28.0 Å². The van der Waals surface area contributed by atoms with Gasteiger partial charge in [0.25, 0.3) is 0 Å². The Morgan fingerprint density at radius 2 is 1.81 bits per heavy atom. The Morgan fingerprint density at radius 1 is 1.08 bits per heavy atom. The number of aryl methyl sites for hydroxylation is 1. The minimum Gasteiger partial charge on any atom is -0.457 e. The van der Waals surface area contributed by atoms with Crippen LogP contribution in [0.4, 0.5) is 17.1 Å². The van der Waals surface area contributed by atoms with Crippen LogP contribution in [0.25, 0.3) is 5.52 Å². The quantitative estimate of drug-likeness (QED) is 0.292. The molecule has 0 aliphatic rings. The lowest BCUT2D eigenvalue weighted by Crippen LogP contribution is -2.22. The van der Waals surface area contributed by atoms with Crippen LogP contribution in [0, 0.1) is 18.3 Å². The second-order valence-electron chi connectivity index (χ2n) is 8.21. The Kier molecular flexibility index (Phi) is 7.46. The van der Waals surface area contributed by atoms with E-state index in [1.807, 2.05) is 61.5 Å². The maximum Gasteiger partial charge on any atom is 0.224 e. The summed E-state index contributed by atoms with van der Waals surface area (Å²) in [6, 6.07) is 19.1.